The summed E-state index contributed by atoms with van der Waals surface area (Å²) >= 11 is 5.25. The quantitative estimate of drug-likeness (QED) is 0.860. The fraction of sp³-hybridized carbons (Fsp3) is 0.600. The topological polar surface area (TPSA) is 30.5 Å². The van der Waals surface area contributed by atoms with Crippen LogP contribution < -0.4 is 5.48 Å². The van der Waals surface area contributed by atoms with Gasteiger partial charge in [-0.05, 0) is 28.4 Å². The molecule has 0 aliphatic carbocycles. The number of hydroxylamine groups is 1. The summed E-state index contributed by atoms with van der Waals surface area (Å²) in [4.78, 5) is 6.72. The Morgan fingerprint density at radius 3 is 3.33 bits per heavy atom. The molecule has 0 amide bonds. The van der Waals surface area contributed by atoms with Crippen LogP contribution in [0.5, 0.6) is 0 Å². The Labute approximate surface area is 101 Å². The maximum Gasteiger partial charge on any atom is 0.106 e. The summed E-state index contributed by atoms with van der Waals surface area (Å²) in [5, 5.41) is 2.11. The second-order valence-corrected chi connectivity index (χ2v) is 5.88. The Balaban J connectivity index is 1.99. The number of fused-ring (bicyclic) bond motifs is 1. The van der Waals surface area contributed by atoms with Gasteiger partial charge in [0.2, 0.25) is 0 Å². The largest absolute Gasteiger partial charge is 0.379 e. The third kappa shape index (κ3) is 1.57. The van der Waals surface area contributed by atoms with Crippen molar-refractivity contribution in [2.45, 2.75) is 12.0 Å². The van der Waals surface area contributed by atoms with Crippen molar-refractivity contribution in [2.75, 3.05) is 19.8 Å². The van der Waals surface area contributed by atoms with E-state index in [0.717, 1.165) is 24.1 Å². The summed E-state index contributed by atoms with van der Waals surface area (Å²) in [6, 6.07) is 2.16. The van der Waals surface area contributed by atoms with E-state index in [1.807, 2.05) is 0 Å². The fourth-order valence-electron chi connectivity index (χ4n) is 2.30. The summed E-state index contributed by atoms with van der Waals surface area (Å²) in [7, 11) is 0. The minimum Gasteiger partial charge on any atom is -0.379 e. The monoisotopic (exact) mass is 289 g/mol. The van der Waals surface area contributed by atoms with Gasteiger partial charge in [0.05, 0.1) is 13.2 Å². The van der Waals surface area contributed by atoms with Gasteiger partial charge in [-0.3, -0.25) is 0 Å². The summed E-state index contributed by atoms with van der Waals surface area (Å²) in [6.45, 7) is 2.35. The fourth-order valence-corrected chi connectivity index (χ4v) is 3.94. The van der Waals surface area contributed by atoms with Crippen LogP contribution in [0, 0.1) is 5.92 Å². The predicted octanol–water partition coefficient (Wildman–Crippen LogP) is 2.28. The Morgan fingerprint density at radius 2 is 2.53 bits per heavy atom. The first-order valence-electron chi connectivity index (χ1n) is 5.02. The lowest BCUT2D eigenvalue weighted by Crippen LogP contribution is -2.48. The number of hydrogen-bond acceptors (Lipinski definition) is 4. The molecule has 1 aromatic rings. The number of rotatable bonds is 1. The highest BCUT2D eigenvalue weighted by molar-refractivity contribution is 9.10. The minimum absolute atomic E-state index is 0.102. The van der Waals surface area contributed by atoms with Gasteiger partial charge in [0.15, 0.2) is 0 Å². The molecule has 1 N–H and O–H groups in total. The van der Waals surface area contributed by atoms with Gasteiger partial charge in [-0.25, -0.2) is 0 Å². The van der Waals surface area contributed by atoms with Crippen molar-refractivity contribution in [3.63, 3.8) is 0 Å². The summed E-state index contributed by atoms with van der Waals surface area (Å²) in [6.07, 6.45) is 1.07. The van der Waals surface area contributed by atoms with E-state index in [-0.39, 0.29) is 5.54 Å². The second kappa shape index (κ2) is 3.82. The van der Waals surface area contributed by atoms with Gasteiger partial charge in [-0.15, -0.1) is 11.3 Å². The molecule has 0 spiro atoms. The molecule has 3 rings (SSSR count). The lowest BCUT2D eigenvalue weighted by Gasteiger charge is -2.36. The van der Waals surface area contributed by atoms with E-state index in [9.17, 15) is 0 Å². The second-order valence-electron chi connectivity index (χ2n) is 4.05. The van der Waals surface area contributed by atoms with Crippen LogP contribution in [0.3, 0.4) is 0 Å². The van der Waals surface area contributed by atoms with Gasteiger partial charge in [0, 0.05) is 27.3 Å². The zero-order valence-electron chi connectivity index (χ0n) is 8.16. The van der Waals surface area contributed by atoms with Gasteiger partial charge in [0.1, 0.15) is 5.54 Å². The van der Waals surface area contributed by atoms with Crippen molar-refractivity contribution in [1.29, 1.82) is 0 Å². The van der Waals surface area contributed by atoms with Crippen LogP contribution in [0.15, 0.2) is 15.9 Å². The first-order valence-corrected chi connectivity index (χ1v) is 6.70. The maximum atomic E-state index is 5.60. The van der Waals surface area contributed by atoms with Crippen molar-refractivity contribution < 1.29 is 9.57 Å². The SMILES string of the molecule is Brc1csc([C@@]23COCC[C@H]2CON3)c1. The summed E-state index contributed by atoms with van der Waals surface area (Å²) < 4.78 is 6.73. The Hall–Kier alpha value is 0.0600. The highest BCUT2D eigenvalue weighted by atomic mass is 79.9. The van der Waals surface area contributed by atoms with Crippen LogP contribution in [0.2, 0.25) is 0 Å². The number of nitrogens with one attached hydrogen (secondary N) is 1. The number of halogens is 1. The molecule has 1 aromatic heterocycles. The third-order valence-corrected chi connectivity index (χ3v) is 5.05. The minimum atomic E-state index is -0.102. The van der Waals surface area contributed by atoms with Crippen molar-refractivity contribution in [1.82, 2.24) is 5.48 Å². The summed E-state index contributed by atoms with van der Waals surface area (Å²) in [5.41, 5.74) is 3.06. The molecule has 2 aliphatic rings. The summed E-state index contributed by atoms with van der Waals surface area (Å²) in [5.74, 6) is 0.539. The molecule has 3 heterocycles. The van der Waals surface area contributed by atoms with Crippen molar-refractivity contribution in [2.24, 2.45) is 5.92 Å². The predicted molar refractivity (Wildman–Crippen MR) is 61.7 cm³/mol. The molecule has 2 saturated heterocycles. The van der Waals surface area contributed by atoms with E-state index in [1.54, 1.807) is 11.3 Å². The first-order chi connectivity index (χ1) is 7.31. The van der Waals surface area contributed by atoms with Crippen molar-refractivity contribution in [3.05, 3.63) is 20.8 Å². The average molecular weight is 290 g/mol. The molecule has 0 unspecified atom stereocenters. The molecule has 2 atom stereocenters. The van der Waals surface area contributed by atoms with Crippen molar-refractivity contribution >= 4 is 27.3 Å². The highest BCUT2D eigenvalue weighted by Gasteiger charge is 2.48. The van der Waals surface area contributed by atoms with Gasteiger partial charge < -0.3 is 9.57 Å². The molecule has 0 radical (unpaired) electrons. The highest BCUT2D eigenvalue weighted by Crippen LogP contribution is 2.42. The van der Waals surface area contributed by atoms with E-state index >= 15 is 0 Å². The third-order valence-electron chi connectivity index (χ3n) is 3.18. The molecular weight excluding hydrogens is 278 g/mol. The Bertz CT molecular complexity index is 370. The Morgan fingerprint density at radius 1 is 1.60 bits per heavy atom. The van der Waals surface area contributed by atoms with E-state index in [1.165, 1.54) is 4.88 Å². The maximum absolute atomic E-state index is 5.60. The van der Waals surface area contributed by atoms with Crippen LogP contribution in [0.1, 0.15) is 11.3 Å². The molecule has 3 nitrogen and oxygen atoms in total. The lowest BCUT2D eigenvalue weighted by atomic mass is 9.81. The standard InChI is InChI=1S/C10H12BrNO2S/c11-8-3-9(15-5-8)10-6-13-2-1-7(10)4-14-12-10/h3,5,7,12H,1-2,4,6H2/t7-,10+/m0/s1. The molecule has 2 fully saturated rings. The Kier molecular flexibility index (Phi) is 2.60. The molecule has 0 bridgehead atoms. The molecular formula is C10H12BrNO2S. The number of hydrogen-bond donors (Lipinski definition) is 1. The normalized spacial score (nSPS) is 35.4. The van der Waals surface area contributed by atoms with E-state index in [2.05, 4.69) is 32.9 Å². The molecule has 5 heteroatoms. The molecule has 0 saturated carbocycles. The van der Waals surface area contributed by atoms with Crippen molar-refractivity contribution in [3.8, 4) is 0 Å². The van der Waals surface area contributed by atoms with E-state index in [0.29, 0.717) is 12.5 Å². The smallest absolute Gasteiger partial charge is 0.106 e. The van der Waals surface area contributed by atoms with Gasteiger partial charge in [-0.1, -0.05) is 0 Å². The zero-order chi connectivity index (χ0) is 10.3. The first kappa shape index (κ1) is 10.2. The van der Waals surface area contributed by atoms with Crippen LogP contribution >= 0.6 is 27.3 Å². The van der Waals surface area contributed by atoms with E-state index in [4.69, 9.17) is 9.57 Å². The van der Waals surface area contributed by atoms with Gasteiger partial charge in [0.25, 0.3) is 0 Å². The lowest BCUT2D eigenvalue weighted by molar-refractivity contribution is -0.0192. The van der Waals surface area contributed by atoms with Crippen LogP contribution in [-0.4, -0.2) is 19.8 Å². The molecule has 82 valence electrons. The van der Waals surface area contributed by atoms with Gasteiger partial charge >= 0.3 is 0 Å². The zero-order valence-corrected chi connectivity index (χ0v) is 10.6. The molecule has 2 aliphatic heterocycles. The van der Waals surface area contributed by atoms with Crippen LogP contribution in [0.25, 0.3) is 0 Å². The van der Waals surface area contributed by atoms with Crippen LogP contribution in [0.4, 0.5) is 0 Å². The van der Waals surface area contributed by atoms with Crippen LogP contribution in [-0.2, 0) is 15.1 Å². The average Bonchev–Trinajstić information content (AvgIpc) is 2.83. The molecule has 0 aromatic carbocycles. The molecule has 15 heavy (non-hydrogen) atoms. The number of thiophene rings is 1. The number of ether oxygens (including phenoxy) is 1. The van der Waals surface area contributed by atoms with Gasteiger partial charge in [-0.2, -0.15) is 5.48 Å². The van der Waals surface area contributed by atoms with E-state index < -0.39 is 0 Å².